The van der Waals surface area contributed by atoms with Gasteiger partial charge in [-0.05, 0) is 24.1 Å². The zero-order chi connectivity index (χ0) is 13.9. The van der Waals surface area contributed by atoms with Crippen molar-refractivity contribution in [1.82, 2.24) is 4.72 Å². The van der Waals surface area contributed by atoms with E-state index >= 15 is 0 Å². The van der Waals surface area contributed by atoms with Crippen molar-refractivity contribution in [3.8, 4) is 0 Å². The number of halogens is 1. The first-order valence-electron chi connectivity index (χ1n) is 5.24. The van der Waals surface area contributed by atoms with Crippen molar-refractivity contribution < 1.29 is 18.3 Å². The topological polar surface area (TPSA) is 86.3 Å². The molecule has 0 fully saturated rings. The second-order valence-electron chi connectivity index (χ2n) is 4.17. The van der Waals surface area contributed by atoms with Crippen LogP contribution in [0, 0.1) is 5.92 Å². The van der Waals surface area contributed by atoms with Crippen LogP contribution in [0.25, 0.3) is 0 Å². The lowest BCUT2D eigenvalue weighted by Crippen LogP contribution is -2.28. The fourth-order valence-corrected chi connectivity index (χ4v) is 2.84. The highest BCUT2D eigenvalue weighted by Gasteiger charge is 2.16. The molecular formula is C11H13BrNO4S-. The Bertz CT molecular complexity index is 554. The van der Waals surface area contributed by atoms with Gasteiger partial charge in [0.05, 0.1) is 10.9 Å². The molecule has 100 valence electrons. The number of carboxylic acids is 1. The highest BCUT2D eigenvalue weighted by molar-refractivity contribution is 9.10. The SMILES string of the molecule is CC(C)CNS(=O)(=O)c1ccc(Br)c(C(=O)[O-])c1. The molecule has 0 aliphatic rings. The lowest BCUT2D eigenvalue weighted by Gasteiger charge is -2.11. The number of carbonyl (C=O) groups is 1. The summed E-state index contributed by atoms with van der Waals surface area (Å²) in [4.78, 5) is 10.7. The van der Waals surface area contributed by atoms with Gasteiger partial charge in [-0.1, -0.05) is 29.8 Å². The van der Waals surface area contributed by atoms with E-state index in [1.807, 2.05) is 13.8 Å². The van der Waals surface area contributed by atoms with Crippen LogP contribution in [0.2, 0.25) is 0 Å². The molecule has 0 unspecified atom stereocenters. The van der Waals surface area contributed by atoms with E-state index in [0.717, 1.165) is 6.07 Å². The average Bonchev–Trinajstić information content (AvgIpc) is 2.26. The first-order valence-corrected chi connectivity index (χ1v) is 7.52. The quantitative estimate of drug-likeness (QED) is 0.860. The molecule has 0 saturated carbocycles. The highest BCUT2D eigenvalue weighted by Crippen LogP contribution is 2.20. The number of hydrogen-bond acceptors (Lipinski definition) is 4. The van der Waals surface area contributed by atoms with Gasteiger partial charge in [-0.15, -0.1) is 0 Å². The number of carbonyl (C=O) groups excluding carboxylic acids is 1. The summed E-state index contributed by atoms with van der Waals surface area (Å²) in [6, 6.07) is 3.77. The van der Waals surface area contributed by atoms with E-state index in [0.29, 0.717) is 6.54 Å². The van der Waals surface area contributed by atoms with Gasteiger partial charge in [-0.3, -0.25) is 0 Å². The Morgan fingerprint density at radius 2 is 2.06 bits per heavy atom. The molecule has 0 radical (unpaired) electrons. The van der Waals surface area contributed by atoms with E-state index in [1.54, 1.807) is 0 Å². The smallest absolute Gasteiger partial charge is 0.240 e. The molecule has 0 spiro atoms. The largest absolute Gasteiger partial charge is 0.545 e. The predicted octanol–water partition coefficient (Wildman–Crippen LogP) is 0.747. The van der Waals surface area contributed by atoms with Crippen LogP contribution in [0.5, 0.6) is 0 Å². The molecule has 0 aliphatic heterocycles. The van der Waals surface area contributed by atoms with Gasteiger partial charge in [0.15, 0.2) is 0 Å². The molecule has 0 bridgehead atoms. The lowest BCUT2D eigenvalue weighted by molar-refractivity contribution is -0.255. The Morgan fingerprint density at radius 3 is 2.56 bits per heavy atom. The highest BCUT2D eigenvalue weighted by atomic mass is 79.9. The zero-order valence-electron chi connectivity index (χ0n) is 9.94. The molecule has 0 heterocycles. The van der Waals surface area contributed by atoms with Crippen LogP contribution in [0.15, 0.2) is 27.6 Å². The molecule has 1 rings (SSSR count). The van der Waals surface area contributed by atoms with E-state index in [-0.39, 0.29) is 20.8 Å². The van der Waals surface area contributed by atoms with Gasteiger partial charge in [0.25, 0.3) is 0 Å². The van der Waals surface area contributed by atoms with E-state index in [1.165, 1.54) is 12.1 Å². The second-order valence-corrected chi connectivity index (χ2v) is 6.80. The maximum Gasteiger partial charge on any atom is 0.240 e. The maximum absolute atomic E-state index is 11.9. The Hall–Kier alpha value is -0.920. The number of carboxylic acid groups (broad SMARTS) is 1. The molecule has 7 heteroatoms. The van der Waals surface area contributed by atoms with Crippen molar-refractivity contribution in [2.75, 3.05) is 6.54 Å². The van der Waals surface area contributed by atoms with Crippen molar-refractivity contribution in [3.05, 3.63) is 28.2 Å². The van der Waals surface area contributed by atoms with Gasteiger partial charge < -0.3 is 9.90 Å². The van der Waals surface area contributed by atoms with Crippen molar-refractivity contribution in [2.24, 2.45) is 5.92 Å². The van der Waals surface area contributed by atoms with Gasteiger partial charge in [-0.25, -0.2) is 13.1 Å². The minimum atomic E-state index is -3.69. The molecule has 0 aliphatic carbocycles. The standard InChI is InChI=1S/C11H14BrNO4S/c1-7(2)6-13-18(16,17)8-3-4-10(12)9(5-8)11(14)15/h3-5,7,13H,6H2,1-2H3,(H,14,15)/p-1. The third-order valence-electron chi connectivity index (χ3n) is 2.15. The summed E-state index contributed by atoms with van der Waals surface area (Å²) in [5.74, 6) is -1.27. The first kappa shape index (κ1) is 15.1. The van der Waals surface area contributed by atoms with Crippen LogP contribution >= 0.6 is 15.9 Å². The van der Waals surface area contributed by atoms with Gasteiger partial charge in [-0.2, -0.15) is 0 Å². The van der Waals surface area contributed by atoms with Gasteiger partial charge in [0.1, 0.15) is 0 Å². The Balaban J connectivity index is 3.10. The Kier molecular flexibility index (Phi) is 4.89. The van der Waals surface area contributed by atoms with Crippen molar-refractivity contribution >= 4 is 31.9 Å². The maximum atomic E-state index is 11.9. The molecule has 1 aromatic rings. The van der Waals surface area contributed by atoms with E-state index in [9.17, 15) is 18.3 Å². The summed E-state index contributed by atoms with van der Waals surface area (Å²) in [5.41, 5.74) is -0.192. The van der Waals surface area contributed by atoms with Gasteiger partial charge in [0, 0.05) is 16.6 Å². The van der Waals surface area contributed by atoms with Crippen LogP contribution in [-0.2, 0) is 10.0 Å². The van der Waals surface area contributed by atoms with Crippen molar-refractivity contribution in [3.63, 3.8) is 0 Å². The summed E-state index contributed by atoms with van der Waals surface area (Å²) in [7, 11) is -3.69. The summed E-state index contributed by atoms with van der Waals surface area (Å²) in [5, 5.41) is 10.8. The summed E-state index contributed by atoms with van der Waals surface area (Å²) in [6.07, 6.45) is 0. The molecule has 0 aromatic heterocycles. The van der Waals surface area contributed by atoms with E-state index < -0.39 is 16.0 Å². The number of nitrogens with one attached hydrogen (secondary N) is 1. The molecule has 0 amide bonds. The molecule has 0 atom stereocenters. The predicted molar refractivity (Wildman–Crippen MR) is 68.5 cm³/mol. The van der Waals surface area contributed by atoms with Crippen LogP contribution < -0.4 is 9.83 Å². The fraction of sp³-hybridized carbons (Fsp3) is 0.364. The lowest BCUT2D eigenvalue weighted by atomic mass is 10.2. The number of hydrogen-bond donors (Lipinski definition) is 1. The third kappa shape index (κ3) is 3.79. The summed E-state index contributed by atoms with van der Waals surface area (Å²) < 4.78 is 26.5. The average molecular weight is 335 g/mol. The fourth-order valence-electron chi connectivity index (χ4n) is 1.19. The molecule has 18 heavy (non-hydrogen) atoms. The minimum absolute atomic E-state index is 0.0921. The first-order chi connectivity index (χ1) is 8.24. The number of sulfonamides is 1. The van der Waals surface area contributed by atoms with Crippen LogP contribution in [0.3, 0.4) is 0 Å². The summed E-state index contributed by atoms with van der Waals surface area (Å²) in [6.45, 7) is 4.03. The van der Waals surface area contributed by atoms with Gasteiger partial charge >= 0.3 is 0 Å². The molecule has 5 nitrogen and oxygen atoms in total. The Labute approximate surface area is 114 Å². The number of aromatic carboxylic acids is 1. The number of benzene rings is 1. The van der Waals surface area contributed by atoms with E-state index in [4.69, 9.17) is 0 Å². The monoisotopic (exact) mass is 334 g/mol. The molecule has 0 saturated heterocycles. The van der Waals surface area contributed by atoms with Crippen LogP contribution in [0.1, 0.15) is 24.2 Å². The number of rotatable bonds is 5. The van der Waals surface area contributed by atoms with Crippen molar-refractivity contribution in [2.45, 2.75) is 18.7 Å². The van der Waals surface area contributed by atoms with Crippen LogP contribution in [-0.4, -0.2) is 20.9 Å². The normalized spacial score (nSPS) is 11.8. The second kappa shape index (κ2) is 5.81. The Morgan fingerprint density at radius 1 is 1.44 bits per heavy atom. The molecular weight excluding hydrogens is 322 g/mol. The summed E-state index contributed by atoms with van der Waals surface area (Å²) >= 11 is 3.02. The zero-order valence-corrected chi connectivity index (χ0v) is 12.3. The molecule has 1 aromatic carbocycles. The van der Waals surface area contributed by atoms with Crippen LogP contribution in [0.4, 0.5) is 0 Å². The van der Waals surface area contributed by atoms with Crippen molar-refractivity contribution in [1.29, 1.82) is 0 Å². The van der Waals surface area contributed by atoms with Gasteiger partial charge in [0.2, 0.25) is 10.0 Å². The van der Waals surface area contributed by atoms with E-state index in [2.05, 4.69) is 20.7 Å². The third-order valence-corrected chi connectivity index (χ3v) is 4.26. The molecule has 1 N–H and O–H groups in total. The minimum Gasteiger partial charge on any atom is -0.545 e.